The Hall–Kier alpha value is -6.34. The van der Waals surface area contributed by atoms with Crippen molar-refractivity contribution in [3.8, 4) is 11.4 Å². The number of likely N-dealkylation sites (tertiary alicyclic amines) is 1. The van der Waals surface area contributed by atoms with E-state index in [0.29, 0.717) is 28.9 Å². The van der Waals surface area contributed by atoms with Gasteiger partial charge in [0.15, 0.2) is 0 Å². The van der Waals surface area contributed by atoms with Gasteiger partial charge in [-0.2, -0.15) is 5.10 Å². The van der Waals surface area contributed by atoms with Crippen molar-refractivity contribution >= 4 is 45.9 Å². The van der Waals surface area contributed by atoms with Gasteiger partial charge in [-0.25, -0.2) is 24.4 Å². The van der Waals surface area contributed by atoms with E-state index in [1.165, 1.54) is 12.4 Å². The molecule has 0 saturated carbocycles. The van der Waals surface area contributed by atoms with Crippen molar-refractivity contribution in [2.75, 3.05) is 36.1 Å². The Bertz CT molecular complexity index is 2280. The zero-order valence-electron chi connectivity index (χ0n) is 31.1. The average molecular weight is 725 g/mol. The molecule has 7 rings (SSSR count). The molecule has 13 heteroatoms. The van der Waals surface area contributed by atoms with Crippen molar-refractivity contribution in [2.45, 2.75) is 52.2 Å². The van der Waals surface area contributed by atoms with E-state index in [4.69, 9.17) is 9.84 Å². The highest BCUT2D eigenvalue weighted by molar-refractivity contribution is 6.07. The Morgan fingerprint density at radius 3 is 2.41 bits per heavy atom. The Balaban J connectivity index is 1.00. The van der Waals surface area contributed by atoms with Crippen LogP contribution in [-0.2, 0) is 12.0 Å². The molecule has 3 amide bonds. The first-order valence-electron chi connectivity index (χ1n) is 17.9. The quantitative estimate of drug-likeness (QED) is 0.115. The summed E-state index contributed by atoms with van der Waals surface area (Å²) in [5.74, 6) is 2.02. The third-order valence-electron chi connectivity index (χ3n) is 9.22. The second-order valence-electron chi connectivity index (χ2n) is 14.6. The van der Waals surface area contributed by atoms with Crippen LogP contribution in [0.1, 0.15) is 54.5 Å². The fourth-order valence-corrected chi connectivity index (χ4v) is 6.24. The smallest absolute Gasteiger partial charge is 0.324 e. The largest absolute Gasteiger partial charge is 0.488 e. The minimum Gasteiger partial charge on any atom is -0.488 e. The molecule has 1 aliphatic heterocycles. The van der Waals surface area contributed by atoms with Gasteiger partial charge in [0.25, 0.3) is 5.91 Å². The molecule has 4 N–H and O–H groups in total. The molecule has 1 atom stereocenters. The Kier molecular flexibility index (Phi) is 10.2. The van der Waals surface area contributed by atoms with E-state index in [9.17, 15) is 9.59 Å². The topological polar surface area (TPSA) is 151 Å². The highest BCUT2D eigenvalue weighted by atomic mass is 16.5. The molecule has 1 fully saturated rings. The molecule has 3 aromatic carbocycles. The van der Waals surface area contributed by atoms with Crippen molar-refractivity contribution in [2.24, 2.45) is 0 Å². The number of fused-ring (bicyclic) bond motifs is 1. The van der Waals surface area contributed by atoms with Gasteiger partial charge in [-0.05, 0) is 68.9 Å². The number of urea groups is 1. The first-order valence-corrected chi connectivity index (χ1v) is 17.9. The molecule has 0 aliphatic carbocycles. The van der Waals surface area contributed by atoms with Gasteiger partial charge in [0.2, 0.25) is 0 Å². The number of nitrogens with one attached hydrogen (secondary N) is 4. The Morgan fingerprint density at radius 1 is 0.889 bits per heavy atom. The van der Waals surface area contributed by atoms with Crippen LogP contribution in [0.2, 0.25) is 0 Å². The van der Waals surface area contributed by atoms with Crippen LogP contribution in [0.25, 0.3) is 16.5 Å². The number of pyridine rings is 1. The molecule has 0 spiro atoms. The van der Waals surface area contributed by atoms with Crippen molar-refractivity contribution in [3.63, 3.8) is 0 Å². The summed E-state index contributed by atoms with van der Waals surface area (Å²) in [7, 11) is 2.04. The molecule has 276 valence electrons. The van der Waals surface area contributed by atoms with Crippen LogP contribution in [0.3, 0.4) is 0 Å². The van der Waals surface area contributed by atoms with Crippen LogP contribution in [0.15, 0.2) is 97.5 Å². The maximum absolute atomic E-state index is 13.5. The number of carbonyl (C=O) groups is 2. The lowest BCUT2D eigenvalue weighted by Crippen LogP contribution is -2.36. The van der Waals surface area contributed by atoms with E-state index in [1.54, 1.807) is 10.9 Å². The molecule has 6 aromatic rings. The number of hydrogen-bond acceptors (Lipinski definition) is 9. The Morgan fingerprint density at radius 2 is 1.69 bits per heavy atom. The number of benzene rings is 3. The maximum Gasteiger partial charge on any atom is 0.324 e. The minimum absolute atomic E-state index is 0.116. The van der Waals surface area contributed by atoms with E-state index < -0.39 is 0 Å². The van der Waals surface area contributed by atoms with Gasteiger partial charge in [-0.15, -0.1) is 0 Å². The number of aryl methyl sites for hydroxylation is 1. The van der Waals surface area contributed by atoms with E-state index in [0.717, 1.165) is 52.8 Å². The summed E-state index contributed by atoms with van der Waals surface area (Å²) in [5, 5.41) is 18.7. The number of likely N-dealkylation sites (N-methyl/N-ethyl adjacent to an activating group) is 1. The van der Waals surface area contributed by atoms with Gasteiger partial charge in [0, 0.05) is 41.0 Å². The van der Waals surface area contributed by atoms with Crippen molar-refractivity contribution in [1.29, 1.82) is 0 Å². The number of amides is 3. The van der Waals surface area contributed by atoms with E-state index >= 15 is 0 Å². The summed E-state index contributed by atoms with van der Waals surface area (Å²) < 4.78 is 8.07. The van der Waals surface area contributed by atoms with Crippen LogP contribution >= 0.6 is 0 Å². The molecule has 13 nitrogen and oxygen atoms in total. The molecule has 4 heterocycles. The maximum atomic E-state index is 13.5. The molecule has 54 heavy (non-hydrogen) atoms. The lowest BCUT2D eigenvalue weighted by Gasteiger charge is -2.15. The Labute approximate surface area is 314 Å². The molecule has 1 aliphatic rings. The van der Waals surface area contributed by atoms with Crippen molar-refractivity contribution in [1.82, 2.24) is 34.9 Å². The van der Waals surface area contributed by atoms with Crippen molar-refractivity contribution < 1.29 is 14.3 Å². The van der Waals surface area contributed by atoms with Gasteiger partial charge in [-0.3, -0.25) is 10.1 Å². The number of rotatable bonds is 10. The molecule has 0 unspecified atom stereocenters. The summed E-state index contributed by atoms with van der Waals surface area (Å²) >= 11 is 0. The van der Waals surface area contributed by atoms with Crippen LogP contribution in [0.4, 0.5) is 27.9 Å². The third kappa shape index (κ3) is 8.48. The molecule has 0 bridgehead atoms. The number of aromatic nitrogens is 5. The number of nitrogens with zero attached hydrogens (tertiary/aromatic N) is 6. The summed E-state index contributed by atoms with van der Waals surface area (Å²) in [6.45, 7) is 10.4. The standard InChI is InChI=1S/C41H44N10O3/c1-26-10-12-29(13-11-26)51-38(21-35(49-51)41(2,3)4)48-40(53)46-32-14-15-34(31-9-7-6-8-30(31)32)54-25-27-16-18-42-36(20-27)47-37-23-43-33(22-44-37)39(52)45-28-17-19-50(5)24-28/h6-16,18,20-23,28H,17,19,24-25H2,1-5H3,(H,45,52)(H,42,44,47)(H2,46,48,53)/t28-/m1/s1. The summed E-state index contributed by atoms with van der Waals surface area (Å²) in [5.41, 5.74) is 4.42. The van der Waals surface area contributed by atoms with Gasteiger partial charge < -0.3 is 25.6 Å². The third-order valence-corrected chi connectivity index (χ3v) is 9.22. The predicted molar refractivity (Wildman–Crippen MR) is 211 cm³/mol. The van der Waals surface area contributed by atoms with E-state index in [-0.39, 0.29) is 35.7 Å². The minimum atomic E-state index is -0.390. The van der Waals surface area contributed by atoms with E-state index in [2.05, 4.69) is 61.9 Å². The van der Waals surface area contributed by atoms with Gasteiger partial charge in [-0.1, -0.05) is 62.7 Å². The molecular formula is C41H44N10O3. The average Bonchev–Trinajstić information content (AvgIpc) is 3.77. The SMILES string of the molecule is Cc1ccc(-n2nc(C(C)(C)C)cc2NC(=O)Nc2ccc(OCc3ccnc(Nc4cnc(C(=O)N[C@@H]5CCN(C)C5)cn4)c3)c3ccccc23)cc1. The number of anilines is 4. The first-order chi connectivity index (χ1) is 26.0. The van der Waals surface area contributed by atoms with Crippen LogP contribution in [-0.4, -0.2) is 67.7 Å². The van der Waals surface area contributed by atoms with Crippen LogP contribution < -0.4 is 26.0 Å². The zero-order chi connectivity index (χ0) is 37.8. The second kappa shape index (κ2) is 15.3. The number of ether oxygens (including phenoxy) is 1. The van der Waals surface area contributed by atoms with Crippen molar-refractivity contribution in [3.05, 3.63) is 120 Å². The normalized spacial score (nSPS) is 14.5. The van der Waals surface area contributed by atoms with Gasteiger partial charge in [0.05, 0.1) is 29.5 Å². The molecule has 3 aromatic heterocycles. The van der Waals surface area contributed by atoms with E-state index in [1.807, 2.05) is 92.8 Å². The summed E-state index contributed by atoms with van der Waals surface area (Å²) in [6.07, 6.45) is 5.58. The lowest BCUT2D eigenvalue weighted by atomic mass is 9.92. The fourth-order valence-electron chi connectivity index (χ4n) is 6.24. The predicted octanol–water partition coefficient (Wildman–Crippen LogP) is 7.22. The zero-order valence-corrected chi connectivity index (χ0v) is 31.1. The van der Waals surface area contributed by atoms with Gasteiger partial charge in [0.1, 0.15) is 35.5 Å². The second-order valence-corrected chi connectivity index (χ2v) is 14.6. The number of hydrogen-bond donors (Lipinski definition) is 4. The monoisotopic (exact) mass is 724 g/mol. The van der Waals surface area contributed by atoms with Crippen LogP contribution in [0, 0.1) is 6.92 Å². The molecule has 0 radical (unpaired) electrons. The number of carbonyl (C=O) groups excluding carboxylic acids is 2. The molecular weight excluding hydrogens is 681 g/mol. The fraction of sp³-hybridized carbons (Fsp3) is 0.268. The highest BCUT2D eigenvalue weighted by Crippen LogP contribution is 2.33. The van der Waals surface area contributed by atoms with Gasteiger partial charge >= 0.3 is 6.03 Å². The first kappa shape index (κ1) is 36.0. The highest BCUT2D eigenvalue weighted by Gasteiger charge is 2.23. The van der Waals surface area contributed by atoms with Crippen LogP contribution in [0.5, 0.6) is 5.75 Å². The molecule has 1 saturated heterocycles. The lowest BCUT2D eigenvalue weighted by molar-refractivity contribution is 0.0933. The summed E-state index contributed by atoms with van der Waals surface area (Å²) in [4.78, 5) is 41.3. The summed E-state index contributed by atoms with van der Waals surface area (Å²) in [6, 6.07) is 24.9.